The monoisotopic (exact) mass is 197 g/mol. The van der Waals surface area contributed by atoms with Crippen molar-refractivity contribution >= 4 is 0 Å². The second kappa shape index (κ2) is 3.87. The summed E-state index contributed by atoms with van der Waals surface area (Å²) in [6.45, 7) is 1.79. The van der Waals surface area contributed by atoms with Gasteiger partial charge in [0.05, 0.1) is 0 Å². The third-order valence-electron chi connectivity index (χ3n) is 2.57. The van der Waals surface area contributed by atoms with E-state index in [0.717, 1.165) is 11.1 Å². The van der Waals surface area contributed by atoms with Gasteiger partial charge in [0.1, 0.15) is 5.60 Å². The topological polar surface area (TPSA) is 20.2 Å². The minimum absolute atomic E-state index is 0.788. The Hall–Kier alpha value is -1.60. The summed E-state index contributed by atoms with van der Waals surface area (Å²) in [7, 11) is 0. The Morgan fingerprint density at radius 3 is 2.27 bits per heavy atom. The van der Waals surface area contributed by atoms with Gasteiger partial charge in [0, 0.05) is 0 Å². The van der Waals surface area contributed by atoms with Gasteiger partial charge in [0.2, 0.25) is 0 Å². The van der Waals surface area contributed by atoms with E-state index in [1.165, 1.54) is 0 Å². The van der Waals surface area contributed by atoms with Gasteiger partial charge in [-0.3, -0.25) is 0 Å². The lowest BCUT2D eigenvalue weighted by Gasteiger charge is -2.24. The second-order valence-electron chi connectivity index (χ2n) is 3.71. The first-order valence-electron chi connectivity index (χ1n) is 4.96. The summed E-state index contributed by atoms with van der Waals surface area (Å²) in [6.07, 6.45) is 0. The van der Waals surface area contributed by atoms with Crippen molar-refractivity contribution < 1.29 is 5.11 Å². The molecule has 2 rings (SSSR count). The van der Waals surface area contributed by atoms with Gasteiger partial charge in [-0.1, -0.05) is 54.6 Å². The highest BCUT2D eigenvalue weighted by Crippen LogP contribution is 2.27. The summed E-state index contributed by atoms with van der Waals surface area (Å²) < 4.78 is 0. The lowest BCUT2D eigenvalue weighted by Crippen LogP contribution is -2.22. The molecule has 0 aliphatic heterocycles. The average molecular weight is 197 g/mol. The molecule has 2 aromatic carbocycles. The van der Waals surface area contributed by atoms with Crippen LogP contribution >= 0.6 is 0 Å². The van der Waals surface area contributed by atoms with Crippen molar-refractivity contribution in [3.63, 3.8) is 0 Å². The predicted octanol–water partition coefficient (Wildman–Crippen LogP) is 2.74. The van der Waals surface area contributed by atoms with Crippen LogP contribution in [0.1, 0.15) is 18.1 Å². The first-order valence-corrected chi connectivity index (χ1v) is 4.96. The summed E-state index contributed by atoms with van der Waals surface area (Å²) >= 11 is 0. The summed E-state index contributed by atoms with van der Waals surface area (Å²) in [6, 6.07) is 20.2. The summed E-state index contributed by atoms with van der Waals surface area (Å²) in [4.78, 5) is 0. The van der Waals surface area contributed by atoms with E-state index in [1.54, 1.807) is 6.92 Å². The third kappa shape index (κ3) is 1.92. The van der Waals surface area contributed by atoms with Crippen molar-refractivity contribution in [1.29, 1.82) is 0 Å². The van der Waals surface area contributed by atoms with Crippen LogP contribution in [0.15, 0.2) is 54.6 Å². The maximum Gasteiger partial charge on any atom is 0.112 e. The summed E-state index contributed by atoms with van der Waals surface area (Å²) in [5.74, 6) is 0. The Bertz CT molecular complexity index is 376. The molecule has 1 nitrogen and oxygen atoms in total. The molecule has 0 saturated carbocycles. The smallest absolute Gasteiger partial charge is 0.112 e. The van der Waals surface area contributed by atoms with Gasteiger partial charge in [-0.15, -0.1) is 0 Å². The van der Waals surface area contributed by atoms with Crippen LogP contribution in [0.4, 0.5) is 0 Å². The van der Waals surface area contributed by atoms with Crippen molar-refractivity contribution in [2.45, 2.75) is 12.5 Å². The van der Waals surface area contributed by atoms with E-state index in [9.17, 15) is 5.11 Å². The quantitative estimate of drug-likeness (QED) is 0.784. The van der Waals surface area contributed by atoms with Crippen LogP contribution in [0.5, 0.6) is 0 Å². The van der Waals surface area contributed by atoms with Gasteiger partial charge >= 0.3 is 0 Å². The molecule has 1 atom stereocenters. The number of aliphatic hydroxyl groups is 1. The fourth-order valence-electron chi connectivity index (χ4n) is 1.61. The van der Waals surface area contributed by atoms with Crippen molar-refractivity contribution in [3.8, 4) is 0 Å². The molecule has 1 radical (unpaired) electrons. The van der Waals surface area contributed by atoms with Gasteiger partial charge < -0.3 is 5.11 Å². The molecule has 0 aromatic heterocycles. The van der Waals surface area contributed by atoms with Crippen molar-refractivity contribution in [1.82, 2.24) is 0 Å². The van der Waals surface area contributed by atoms with E-state index in [2.05, 4.69) is 6.07 Å². The summed E-state index contributed by atoms with van der Waals surface area (Å²) in [5.41, 5.74) is 0.700. The van der Waals surface area contributed by atoms with Crippen LogP contribution in [0.2, 0.25) is 0 Å². The Labute approximate surface area is 90.0 Å². The van der Waals surface area contributed by atoms with E-state index in [0.29, 0.717) is 0 Å². The molecule has 2 aromatic rings. The fraction of sp³-hybridized carbons (Fsp3) is 0.143. The van der Waals surface area contributed by atoms with Gasteiger partial charge in [-0.05, 0) is 24.1 Å². The maximum atomic E-state index is 10.4. The van der Waals surface area contributed by atoms with Gasteiger partial charge in [-0.2, -0.15) is 0 Å². The van der Waals surface area contributed by atoms with E-state index in [1.807, 2.05) is 54.6 Å². The maximum absolute atomic E-state index is 10.4. The second-order valence-corrected chi connectivity index (χ2v) is 3.71. The van der Waals surface area contributed by atoms with Crippen LogP contribution in [0, 0.1) is 6.07 Å². The molecular weight excluding hydrogens is 184 g/mol. The minimum atomic E-state index is -0.970. The zero-order valence-corrected chi connectivity index (χ0v) is 8.64. The van der Waals surface area contributed by atoms with Crippen molar-refractivity contribution in [2.75, 3.05) is 0 Å². The normalized spacial score (nSPS) is 11.3. The predicted molar refractivity (Wildman–Crippen MR) is 60.4 cm³/mol. The lowest BCUT2D eigenvalue weighted by atomic mass is 9.88. The van der Waals surface area contributed by atoms with Gasteiger partial charge in [0.25, 0.3) is 0 Å². The van der Waals surface area contributed by atoms with E-state index in [-0.39, 0.29) is 0 Å². The molecule has 0 bridgehead atoms. The van der Waals surface area contributed by atoms with E-state index in [4.69, 9.17) is 0 Å². The van der Waals surface area contributed by atoms with Crippen LogP contribution in [0.3, 0.4) is 0 Å². The Balaban J connectivity index is 2.44. The molecular formula is C14H13O. The van der Waals surface area contributed by atoms with Crippen LogP contribution in [-0.4, -0.2) is 5.11 Å². The first kappa shape index (κ1) is 9.94. The highest BCUT2D eigenvalue weighted by atomic mass is 16.3. The minimum Gasteiger partial charge on any atom is -0.381 e. The zero-order valence-electron chi connectivity index (χ0n) is 8.64. The molecule has 75 valence electrons. The average Bonchev–Trinajstić information content (AvgIpc) is 2.31. The SMILES string of the molecule is CC(O)(c1[c]cccc1)c1ccccc1. The molecule has 0 spiro atoms. The highest BCUT2D eigenvalue weighted by Gasteiger charge is 2.24. The Kier molecular flexibility index (Phi) is 2.57. The van der Waals surface area contributed by atoms with Gasteiger partial charge in [-0.25, -0.2) is 0 Å². The van der Waals surface area contributed by atoms with Crippen LogP contribution in [0.25, 0.3) is 0 Å². The molecule has 0 amide bonds. The van der Waals surface area contributed by atoms with Crippen LogP contribution in [-0.2, 0) is 5.60 Å². The molecule has 1 heteroatoms. The highest BCUT2D eigenvalue weighted by molar-refractivity contribution is 5.33. The molecule has 0 aliphatic rings. The standard InChI is InChI=1S/C14H13O/c1-14(15,12-8-4-2-5-9-12)13-10-6-3-7-11-13/h2-10,15H,1H3. The Morgan fingerprint density at radius 1 is 1.00 bits per heavy atom. The fourth-order valence-corrected chi connectivity index (χ4v) is 1.61. The zero-order chi connectivity index (χ0) is 10.7. The van der Waals surface area contributed by atoms with Crippen molar-refractivity contribution in [3.05, 3.63) is 71.8 Å². The van der Waals surface area contributed by atoms with Crippen LogP contribution < -0.4 is 0 Å². The molecule has 1 N–H and O–H groups in total. The molecule has 0 heterocycles. The number of hydrogen-bond acceptors (Lipinski definition) is 1. The Morgan fingerprint density at radius 2 is 1.67 bits per heavy atom. The molecule has 0 saturated heterocycles. The molecule has 0 fully saturated rings. The molecule has 0 aliphatic carbocycles. The largest absolute Gasteiger partial charge is 0.381 e. The third-order valence-corrected chi connectivity index (χ3v) is 2.57. The van der Waals surface area contributed by atoms with E-state index >= 15 is 0 Å². The summed E-state index contributed by atoms with van der Waals surface area (Å²) in [5, 5.41) is 10.4. The lowest BCUT2D eigenvalue weighted by molar-refractivity contribution is 0.102. The molecule has 15 heavy (non-hydrogen) atoms. The number of rotatable bonds is 2. The first-order chi connectivity index (χ1) is 7.21. The molecule has 1 unspecified atom stereocenters. The van der Waals surface area contributed by atoms with E-state index < -0.39 is 5.60 Å². The number of benzene rings is 2. The van der Waals surface area contributed by atoms with Gasteiger partial charge in [0.15, 0.2) is 0 Å². The number of hydrogen-bond donors (Lipinski definition) is 1. The van der Waals surface area contributed by atoms with Crippen molar-refractivity contribution in [2.24, 2.45) is 0 Å².